The summed E-state index contributed by atoms with van der Waals surface area (Å²) in [7, 11) is 1.93. The van der Waals surface area contributed by atoms with E-state index in [1.54, 1.807) is 0 Å². The Morgan fingerprint density at radius 1 is 1.30 bits per heavy atom. The van der Waals surface area contributed by atoms with E-state index < -0.39 is 6.10 Å². The van der Waals surface area contributed by atoms with Crippen molar-refractivity contribution in [1.29, 1.82) is 0 Å². The van der Waals surface area contributed by atoms with E-state index in [1.807, 2.05) is 56.1 Å². The van der Waals surface area contributed by atoms with Gasteiger partial charge >= 0.3 is 0 Å². The van der Waals surface area contributed by atoms with Gasteiger partial charge in [0.15, 0.2) is 0 Å². The number of carbonyl (C=O) groups excluding carboxylic acids is 1. The number of aliphatic hydroxyl groups is 1. The zero-order valence-electron chi connectivity index (χ0n) is 12.7. The van der Waals surface area contributed by atoms with Crippen molar-refractivity contribution < 1.29 is 9.90 Å². The number of carbonyl (C=O) groups is 1. The molecule has 0 fully saturated rings. The molecule has 1 amide bonds. The molecule has 0 aromatic heterocycles. The first-order valence-electron chi connectivity index (χ1n) is 7.31. The average Bonchev–Trinajstić information content (AvgIpc) is 2.46. The summed E-state index contributed by atoms with van der Waals surface area (Å²) in [6.07, 6.45) is 1.15. The van der Waals surface area contributed by atoms with Gasteiger partial charge in [0.1, 0.15) is 6.04 Å². The summed E-state index contributed by atoms with van der Waals surface area (Å²) in [5.74, 6) is -0.0595. The average molecular weight is 278 g/mol. The predicted molar refractivity (Wildman–Crippen MR) is 81.4 cm³/mol. The predicted octanol–water partition coefficient (Wildman–Crippen LogP) is 1.96. The first-order chi connectivity index (χ1) is 9.60. The summed E-state index contributed by atoms with van der Waals surface area (Å²) in [5.41, 5.74) is 0.972. The van der Waals surface area contributed by atoms with Crippen LogP contribution < -0.4 is 5.32 Å². The van der Waals surface area contributed by atoms with Gasteiger partial charge in [-0.05, 0) is 25.6 Å². The molecule has 0 heterocycles. The summed E-state index contributed by atoms with van der Waals surface area (Å²) < 4.78 is 0. The monoisotopic (exact) mass is 278 g/mol. The molecule has 0 aliphatic carbocycles. The van der Waals surface area contributed by atoms with Crippen LogP contribution in [-0.4, -0.2) is 42.2 Å². The molecule has 4 heteroatoms. The number of aliphatic hydroxyl groups excluding tert-OH is 1. The van der Waals surface area contributed by atoms with Gasteiger partial charge in [0.2, 0.25) is 5.91 Å². The number of rotatable bonds is 8. The van der Waals surface area contributed by atoms with Gasteiger partial charge in [-0.15, -0.1) is 0 Å². The highest BCUT2D eigenvalue weighted by Gasteiger charge is 2.24. The molecule has 0 saturated carbocycles. The Kier molecular flexibility index (Phi) is 7.26. The van der Waals surface area contributed by atoms with Gasteiger partial charge in [0.05, 0.1) is 6.10 Å². The van der Waals surface area contributed by atoms with Crippen LogP contribution in [0.5, 0.6) is 0 Å². The smallest absolute Gasteiger partial charge is 0.242 e. The fraction of sp³-hybridized carbons (Fsp3) is 0.562. The third-order valence-electron chi connectivity index (χ3n) is 3.44. The molecule has 112 valence electrons. The van der Waals surface area contributed by atoms with Crippen molar-refractivity contribution in [3.8, 4) is 0 Å². The largest absolute Gasteiger partial charge is 0.391 e. The van der Waals surface area contributed by atoms with E-state index >= 15 is 0 Å². The van der Waals surface area contributed by atoms with Crippen LogP contribution in [0.25, 0.3) is 0 Å². The zero-order chi connectivity index (χ0) is 15.0. The Hall–Kier alpha value is -1.39. The zero-order valence-corrected chi connectivity index (χ0v) is 12.7. The molecule has 2 N–H and O–H groups in total. The first kappa shape index (κ1) is 16.7. The van der Waals surface area contributed by atoms with Crippen LogP contribution in [-0.2, 0) is 4.79 Å². The Labute approximate surface area is 121 Å². The number of nitrogens with zero attached hydrogens (tertiary/aromatic N) is 1. The van der Waals surface area contributed by atoms with Crippen molar-refractivity contribution in [3.63, 3.8) is 0 Å². The highest BCUT2D eigenvalue weighted by atomic mass is 16.3. The van der Waals surface area contributed by atoms with E-state index in [0.29, 0.717) is 13.0 Å². The van der Waals surface area contributed by atoms with Crippen molar-refractivity contribution in [2.24, 2.45) is 0 Å². The minimum Gasteiger partial charge on any atom is -0.391 e. The van der Waals surface area contributed by atoms with Crippen LogP contribution in [0, 0.1) is 0 Å². The van der Waals surface area contributed by atoms with Gasteiger partial charge in [0, 0.05) is 6.54 Å². The van der Waals surface area contributed by atoms with Gasteiger partial charge in [0.25, 0.3) is 0 Å². The number of amides is 1. The van der Waals surface area contributed by atoms with Gasteiger partial charge in [-0.1, -0.05) is 50.6 Å². The maximum Gasteiger partial charge on any atom is 0.242 e. The second-order valence-electron chi connectivity index (χ2n) is 5.07. The second kappa shape index (κ2) is 8.72. The molecule has 2 atom stereocenters. The van der Waals surface area contributed by atoms with Crippen LogP contribution >= 0.6 is 0 Å². The minimum absolute atomic E-state index is 0.0595. The fourth-order valence-electron chi connectivity index (χ4n) is 2.17. The lowest BCUT2D eigenvalue weighted by atomic mass is 10.0. The standard InChI is InChI=1S/C16H26N2O2/c1-4-9-14(19)12-17-16(20)15(18(3)5-2)13-10-7-6-8-11-13/h6-8,10-11,14-15,19H,4-5,9,12H2,1-3H3,(H,17,20). The maximum atomic E-state index is 12.4. The first-order valence-corrected chi connectivity index (χ1v) is 7.31. The highest BCUT2D eigenvalue weighted by Crippen LogP contribution is 2.19. The summed E-state index contributed by atoms with van der Waals surface area (Å²) in [4.78, 5) is 14.4. The number of likely N-dealkylation sites (N-methyl/N-ethyl adjacent to an activating group) is 1. The maximum absolute atomic E-state index is 12.4. The third-order valence-corrected chi connectivity index (χ3v) is 3.44. The molecule has 0 saturated heterocycles. The van der Waals surface area contributed by atoms with E-state index in [4.69, 9.17) is 0 Å². The Morgan fingerprint density at radius 2 is 1.95 bits per heavy atom. The van der Waals surface area contributed by atoms with E-state index in [9.17, 15) is 9.90 Å². The van der Waals surface area contributed by atoms with Crippen molar-refractivity contribution in [2.75, 3.05) is 20.1 Å². The van der Waals surface area contributed by atoms with E-state index in [1.165, 1.54) is 0 Å². The van der Waals surface area contributed by atoms with Crippen molar-refractivity contribution in [3.05, 3.63) is 35.9 Å². The summed E-state index contributed by atoms with van der Waals surface area (Å²) in [6.45, 7) is 5.13. The van der Waals surface area contributed by atoms with Gasteiger partial charge < -0.3 is 10.4 Å². The molecular weight excluding hydrogens is 252 g/mol. The molecule has 0 bridgehead atoms. The number of nitrogens with one attached hydrogen (secondary N) is 1. The van der Waals surface area contributed by atoms with Crippen molar-refractivity contribution >= 4 is 5.91 Å². The Morgan fingerprint density at radius 3 is 2.50 bits per heavy atom. The molecule has 20 heavy (non-hydrogen) atoms. The van der Waals surface area contributed by atoms with Gasteiger partial charge in [-0.2, -0.15) is 0 Å². The van der Waals surface area contributed by atoms with Gasteiger partial charge in [-0.25, -0.2) is 0 Å². The number of hydrogen-bond donors (Lipinski definition) is 2. The van der Waals surface area contributed by atoms with E-state index in [-0.39, 0.29) is 11.9 Å². The SMILES string of the molecule is CCCC(O)CNC(=O)C(c1ccccc1)N(C)CC. The van der Waals surface area contributed by atoms with Crippen LogP contribution in [0.4, 0.5) is 0 Å². The molecule has 4 nitrogen and oxygen atoms in total. The van der Waals surface area contributed by atoms with Crippen LogP contribution in [0.3, 0.4) is 0 Å². The van der Waals surface area contributed by atoms with Crippen molar-refractivity contribution in [2.45, 2.75) is 38.8 Å². The Bertz CT molecular complexity index is 395. The number of benzene rings is 1. The lowest BCUT2D eigenvalue weighted by Crippen LogP contribution is -2.41. The molecule has 1 rings (SSSR count). The molecule has 1 aromatic rings. The summed E-state index contributed by atoms with van der Waals surface area (Å²) in [6, 6.07) is 9.42. The molecule has 0 spiro atoms. The van der Waals surface area contributed by atoms with Crippen LogP contribution in [0.2, 0.25) is 0 Å². The van der Waals surface area contributed by atoms with E-state index in [2.05, 4.69) is 5.32 Å². The topological polar surface area (TPSA) is 52.6 Å². The molecule has 0 radical (unpaired) electrons. The van der Waals surface area contributed by atoms with Crippen molar-refractivity contribution in [1.82, 2.24) is 10.2 Å². The summed E-state index contributed by atoms with van der Waals surface area (Å²) in [5, 5.41) is 12.6. The highest BCUT2D eigenvalue weighted by molar-refractivity contribution is 5.83. The summed E-state index contributed by atoms with van der Waals surface area (Å²) >= 11 is 0. The second-order valence-corrected chi connectivity index (χ2v) is 5.07. The quantitative estimate of drug-likeness (QED) is 0.764. The Balaban J connectivity index is 2.71. The molecule has 0 aliphatic heterocycles. The number of hydrogen-bond acceptors (Lipinski definition) is 3. The third kappa shape index (κ3) is 4.94. The molecular formula is C16H26N2O2. The van der Waals surface area contributed by atoms with E-state index in [0.717, 1.165) is 18.5 Å². The fourth-order valence-corrected chi connectivity index (χ4v) is 2.17. The van der Waals surface area contributed by atoms with Gasteiger partial charge in [-0.3, -0.25) is 9.69 Å². The normalized spacial score (nSPS) is 14.1. The minimum atomic E-state index is -0.465. The van der Waals surface area contributed by atoms with Crippen LogP contribution in [0.15, 0.2) is 30.3 Å². The molecule has 2 unspecified atom stereocenters. The molecule has 0 aliphatic rings. The lowest BCUT2D eigenvalue weighted by Gasteiger charge is -2.26. The van der Waals surface area contributed by atoms with Crippen LogP contribution in [0.1, 0.15) is 38.3 Å². The lowest BCUT2D eigenvalue weighted by molar-refractivity contribution is -0.126. The molecule has 1 aromatic carbocycles.